The predicted molar refractivity (Wildman–Crippen MR) is 73.4 cm³/mol. The van der Waals surface area contributed by atoms with Gasteiger partial charge in [0.1, 0.15) is 0 Å². The van der Waals surface area contributed by atoms with E-state index in [0.717, 1.165) is 13.0 Å². The average molecular weight is 251 g/mol. The van der Waals surface area contributed by atoms with Crippen LogP contribution >= 0.6 is 11.8 Å². The molecule has 2 N–H and O–H groups in total. The molecule has 0 fully saturated rings. The molecule has 0 amide bonds. The van der Waals surface area contributed by atoms with E-state index in [1.165, 1.54) is 29.1 Å². The van der Waals surface area contributed by atoms with Gasteiger partial charge in [-0.05, 0) is 50.1 Å². The lowest BCUT2D eigenvalue weighted by Gasteiger charge is -2.19. The summed E-state index contributed by atoms with van der Waals surface area (Å²) < 4.78 is 0. The standard InChI is InChI=1S/C14H21NOS/c1-11(16)8-9-15-13-6-4-10-17-14-7-3-2-5-12(13)14/h2-3,5,7,11,13,15-16H,4,6,8-10H2,1H3/t11-,13-/m1/s1. The van der Waals surface area contributed by atoms with Gasteiger partial charge in [-0.15, -0.1) is 11.8 Å². The summed E-state index contributed by atoms with van der Waals surface area (Å²) in [7, 11) is 0. The maximum Gasteiger partial charge on any atom is 0.0524 e. The SMILES string of the molecule is C[C@@H](O)CCN[C@@H]1CCCSc2ccccc21. The number of hydrogen-bond acceptors (Lipinski definition) is 3. The minimum absolute atomic E-state index is 0.210. The Morgan fingerprint density at radius 1 is 1.47 bits per heavy atom. The minimum Gasteiger partial charge on any atom is -0.393 e. The van der Waals surface area contributed by atoms with Crippen molar-refractivity contribution >= 4 is 11.8 Å². The van der Waals surface area contributed by atoms with E-state index in [-0.39, 0.29) is 6.10 Å². The molecule has 2 rings (SSSR count). The second-order valence-corrected chi connectivity index (χ2v) is 5.81. The first-order valence-electron chi connectivity index (χ1n) is 6.40. The van der Waals surface area contributed by atoms with Gasteiger partial charge in [0.25, 0.3) is 0 Å². The summed E-state index contributed by atoms with van der Waals surface area (Å²) in [5.41, 5.74) is 1.43. The summed E-state index contributed by atoms with van der Waals surface area (Å²) in [6.45, 7) is 2.74. The summed E-state index contributed by atoms with van der Waals surface area (Å²) in [5, 5.41) is 12.9. The molecule has 0 saturated heterocycles. The Hall–Kier alpha value is -0.510. The Labute approximate surface area is 108 Å². The van der Waals surface area contributed by atoms with Crippen LogP contribution < -0.4 is 5.32 Å². The molecule has 17 heavy (non-hydrogen) atoms. The number of rotatable bonds is 4. The fourth-order valence-corrected chi connectivity index (χ4v) is 3.29. The molecule has 94 valence electrons. The molecule has 0 unspecified atom stereocenters. The van der Waals surface area contributed by atoms with Crippen molar-refractivity contribution in [1.82, 2.24) is 5.32 Å². The molecule has 1 aromatic carbocycles. The van der Waals surface area contributed by atoms with Crippen LogP contribution in [0.4, 0.5) is 0 Å². The second-order valence-electron chi connectivity index (χ2n) is 4.67. The molecule has 1 heterocycles. The molecule has 1 aliphatic rings. The number of nitrogens with one attached hydrogen (secondary N) is 1. The number of aliphatic hydroxyl groups excluding tert-OH is 1. The Morgan fingerprint density at radius 2 is 2.29 bits per heavy atom. The summed E-state index contributed by atoms with van der Waals surface area (Å²) in [4.78, 5) is 1.42. The molecule has 0 aliphatic carbocycles. The molecule has 0 aromatic heterocycles. The zero-order chi connectivity index (χ0) is 12.1. The van der Waals surface area contributed by atoms with Gasteiger partial charge in [-0.25, -0.2) is 0 Å². The highest BCUT2D eigenvalue weighted by Gasteiger charge is 2.17. The van der Waals surface area contributed by atoms with Gasteiger partial charge >= 0.3 is 0 Å². The minimum atomic E-state index is -0.210. The molecule has 3 heteroatoms. The zero-order valence-electron chi connectivity index (χ0n) is 10.4. The van der Waals surface area contributed by atoms with Crippen LogP contribution in [0.5, 0.6) is 0 Å². The third kappa shape index (κ3) is 3.73. The summed E-state index contributed by atoms with van der Waals surface area (Å²) in [6, 6.07) is 9.14. The number of aliphatic hydroxyl groups is 1. The van der Waals surface area contributed by atoms with Crippen LogP contribution in [0.3, 0.4) is 0 Å². The van der Waals surface area contributed by atoms with E-state index in [2.05, 4.69) is 29.6 Å². The van der Waals surface area contributed by atoms with Crippen LogP contribution in [0.2, 0.25) is 0 Å². The normalized spacial score (nSPS) is 21.6. The third-order valence-electron chi connectivity index (χ3n) is 3.14. The maximum atomic E-state index is 9.29. The topological polar surface area (TPSA) is 32.3 Å². The monoisotopic (exact) mass is 251 g/mol. The van der Waals surface area contributed by atoms with Crippen LogP contribution in [0, 0.1) is 0 Å². The first-order chi connectivity index (χ1) is 8.27. The molecule has 2 atom stereocenters. The van der Waals surface area contributed by atoms with Crippen LogP contribution in [0.25, 0.3) is 0 Å². The van der Waals surface area contributed by atoms with Gasteiger partial charge in [0.15, 0.2) is 0 Å². The molecule has 1 aromatic rings. The second kappa shape index (κ2) is 6.43. The number of fused-ring (bicyclic) bond motifs is 1. The molecule has 0 saturated carbocycles. The van der Waals surface area contributed by atoms with E-state index in [1.807, 2.05) is 18.7 Å². The third-order valence-corrected chi connectivity index (χ3v) is 4.32. The lowest BCUT2D eigenvalue weighted by atomic mass is 10.0. The lowest BCUT2D eigenvalue weighted by Crippen LogP contribution is -2.24. The van der Waals surface area contributed by atoms with Gasteiger partial charge in [-0.3, -0.25) is 0 Å². The first kappa shape index (κ1) is 12.9. The summed E-state index contributed by atoms with van der Waals surface area (Å²) >= 11 is 1.96. The Balaban J connectivity index is 2.01. The predicted octanol–water partition coefficient (Wildman–Crippen LogP) is 2.97. The molecule has 0 spiro atoms. The Morgan fingerprint density at radius 3 is 3.12 bits per heavy atom. The largest absolute Gasteiger partial charge is 0.393 e. The molecular weight excluding hydrogens is 230 g/mol. The molecule has 1 aliphatic heterocycles. The van der Waals surface area contributed by atoms with Crippen molar-refractivity contribution in [3.63, 3.8) is 0 Å². The highest BCUT2D eigenvalue weighted by atomic mass is 32.2. The quantitative estimate of drug-likeness (QED) is 0.863. The van der Waals surface area contributed by atoms with Gasteiger partial charge in [0.05, 0.1) is 6.10 Å². The molecule has 0 bridgehead atoms. The van der Waals surface area contributed by atoms with Gasteiger partial charge in [0, 0.05) is 10.9 Å². The maximum absolute atomic E-state index is 9.29. The number of thioether (sulfide) groups is 1. The highest BCUT2D eigenvalue weighted by molar-refractivity contribution is 7.99. The van der Waals surface area contributed by atoms with Crippen LogP contribution in [-0.2, 0) is 0 Å². The smallest absolute Gasteiger partial charge is 0.0524 e. The van der Waals surface area contributed by atoms with Crippen molar-refractivity contribution in [3.05, 3.63) is 29.8 Å². The van der Waals surface area contributed by atoms with E-state index < -0.39 is 0 Å². The fraction of sp³-hybridized carbons (Fsp3) is 0.571. The van der Waals surface area contributed by atoms with Gasteiger partial charge < -0.3 is 10.4 Å². The van der Waals surface area contributed by atoms with E-state index in [0.29, 0.717) is 6.04 Å². The number of hydrogen-bond donors (Lipinski definition) is 2. The molecule has 2 nitrogen and oxygen atoms in total. The van der Waals surface area contributed by atoms with Crippen molar-refractivity contribution in [1.29, 1.82) is 0 Å². The van der Waals surface area contributed by atoms with E-state index in [1.54, 1.807) is 0 Å². The van der Waals surface area contributed by atoms with Crippen molar-refractivity contribution in [2.75, 3.05) is 12.3 Å². The van der Waals surface area contributed by atoms with Crippen molar-refractivity contribution < 1.29 is 5.11 Å². The van der Waals surface area contributed by atoms with E-state index in [4.69, 9.17) is 0 Å². The summed E-state index contributed by atoms with van der Waals surface area (Å²) in [5.74, 6) is 1.21. The fourth-order valence-electron chi connectivity index (χ4n) is 2.20. The van der Waals surface area contributed by atoms with E-state index >= 15 is 0 Å². The average Bonchev–Trinajstić information content (AvgIpc) is 2.52. The Kier molecular flexibility index (Phi) is 4.89. The van der Waals surface area contributed by atoms with Gasteiger partial charge in [-0.2, -0.15) is 0 Å². The highest BCUT2D eigenvalue weighted by Crippen LogP contribution is 2.34. The van der Waals surface area contributed by atoms with Crippen molar-refractivity contribution in [2.45, 2.75) is 43.2 Å². The van der Waals surface area contributed by atoms with Gasteiger partial charge in [-0.1, -0.05) is 18.2 Å². The van der Waals surface area contributed by atoms with E-state index in [9.17, 15) is 5.11 Å². The van der Waals surface area contributed by atoms with Crippen LogP contribution in [-0.4, -0.2) is 23.5 Å². The zero-order valence-corrected chi connectivity index (χ0v) is 11.2. The molecular formula is C14H21NOS. The Bertz CT molecular complexity index is 354. The lowest BCUT2D eigenvalue weighted by molar-refractivity contribution is 0.182. The number of benzene rings is 1. The first-order valence-corrected chi connectivity index (χ1v) is 7.39. The summed E-state index contributed by atoms with van der Waals surface area (Å²) in [6.07, 6.45) is 3.07. The van der Waals surface area contributed by atoms with Crippen molar-refractivity contribution in [3.8, 4) is 0 Å². The van der Waals surface area contributed by atoms with Crippen LogP contribution in [0.15, 0.2) is 29.2 Å². The van der Waals surface area contributed by atoms with Gasteiger partial charge in [0.2, 0.25) is 0 Å². The molecule has 0 radical (unpaired) electrons. The van der Waals surface area contributed by atoms with Crippen molar-refractivity contribution in [2.24, 2.45) is 0 Å². The van der Waals surface area contributed by atoms with Crippen LogP contribution in [0.1, 0.15) is 37.8 Å².